The van der Waals surface area contributed by atoms with E-state index >= 15 is 0 Å². The molecule has 0 bridgehead atoms. The maximum Gasteiger partial charge on any atom is 0.0410 e. The molecule has 4 heteroatoms. The van der Waals surface area contributed by atoms with Crippen molar-refractivity contribution in [2.24, 2.45) is 5.73 Å². The summed E-state index contributed by atoms with van der Waals surface area (Å²) in [5, 5.41) is 0. The van der Waals surface area contributed by atoms with Crippen molar-refractivity contribution in [1.82, 2.24) is 0 Å². The summed E-state index contributed by atoms with van der Waals surface area (Å²) >= 11 is 5.47. The van der Waals surface area contributed by atoms with Crippen LogP contribution in [0.4, 0.5) is 5.69 Å². The first-order valence-electron chi connectivity index (χ1n) is 6.34. The second kappa shape index (κ2) is 8.08. The molecule has 0 aliphatic carbocycles. The number of anilines is 1. The largest absolute Gasteiger partial charge is 0.371 e. The number of rotatable bonds is 7. The highest BCUT2D eigenvalue weighted by atomic mass is 79.9. The minimum absolute atomic E-state index is 0.575. The van der Waals surface area contributed by atoms with E-state index in [9.17, 15) is 0 Å². The molecule has 0 saturated carbocycles. The van der Waals surface area contributed by atoms with Gasteiger partial charge in [-0.15, -0.1) is 0 Å². The lowest BCUT2D eigenvalue weighted by Crippen LogP contribution is -2.34. The van der Waals surface area contributed by atoms with Crippen LogP contribution in [0.5, 0.6) is 0 Å². The van der Waals surface area contributed by atoms with Crippen molar-refractivity contribution in [2.75, 3.05) is 30.5 Å². The fourth-order valence-electron chi connectivity index (χ4n) is 2.12. The molecule has 1 atom stereocenters. The maximum atomic E-state index is 5.70. The third kappa shape index (κ3) is 4.18. The SMILES string of the molecule is CCC(CSC)N(C)c1cc(Br)ccc1CCN. The number of nitrogens with zero attached hydrogens (tertiary/aromatic N) is 1. The van der Waals surface area contributed by atoms with Gasteiger partial charge in [0.1, 0.15) is 0 Å². The van der Waals surface area contributed by atoms with Crippen molar-refractivity contribution in [3.63, 3.8) is 0 Å². The summed E-state index contributed by atoms with van der Waals surface area (Å²) < 4.78 is 1.13. The number of hydrogen-bond donors (Lipinski definition) is 1. The number of benzene rings is 1. The Balaban J connectivity index is 3.00. The Bertz CT molecular complexity index is 371. The van der Waals surface area contributed by atoms with Gasteiger partial charge in [-0.25, -0.2) is 0 Å². The molecular formula is C14H23BrN2S. The van der Waals surface area contributed by atoms with Crippen LogP contribution in [0.25, 0.3) is 0 Å². The Morgan fingerprint density at radius 2 is 2.17 bits per heavy atom. The van der Waals surface area contributed by atoms with Crippen LogP contribution >= 0.6 is 27.7 Å². The Hall–Kier alpha value is -0.190. The number of thioether (sulfide) groups is 1. The molecule has 0 fully saturated rings. The van der Waals surface area contributed by atoms with Crippen molar-refractivity contribution in [1.29, 1.82) is 0 Å². The first kappa shape index (κ1) is 15.9. The fraction of sp³-hybridized carbons (Fsp3) is 0.571. The second-order valence-electron chi connectivity index (χ2n) is 4.44. The van der Waals surface area contributed by atoms with Gasteiger partial charge in [0.05, 0.1) is 0 Å². The molecule has 0 spiro atoms. The van der Waals surface area contributed by atoms with Gasteiger partial charge in [-0.2, -0.15) is 11.8 Å². The van der Waals surface area contributed by atoms with Crippen molar-refractivity contribution in [3.05, 3.63) is 28.2 Å². The molecule has 1 unspecified atom stereocenters. The van der Waals surface area contributed by atoms with E-state index in [2.05, 4.69) is 59.3 Å². The molecule has 18 heavy (non-hydrogen) atoms. The summed E-state index contributed by atoms with van der Waals surface area (Å²) in [6.45, 7) is 2.94. The van der Waals surface area contributed by atoms with E-state index in [4.69, 9.17) is 5.73 Å². The standard InChI is InChI=1S/C14H23BrN2S/c1-4-13(10-18-3)17(2)14-9-12(15)6-5-11(14)7-8-16/h5-6,9,13H,4,7-8,10,16H2,1-3H3. The second-order valence-corrected chi connectivity index (χ2v) is 6.27. The van der Waals surface area contributed by atoms with Crippen LogP contribution in [0.15, 0.2) is 22.7 Å². The Morgan fingerprint density at radius 3 is 2.72 bits per heavy atom. The van der Waals surface area contributed by atoms with Crippen LogP contribution in [-0.2, 0) is 6.42 Å². The highest BCUT2D eigenvalue weighted by Gasteiger charge is 2.15. The zero-order valence-corrected chi connectivity index (χ0v) is 13.9. The van der Waals surface area contributed by atoms with Crippen molar-refractivity contribution >= 4 is 33.4 Å². The quantitative estimate of drug-likeness (QED) is 0.829. The average Bonchev–Trinajstić information content (AvgIpc) is 2.37. The van der Waals surface area contributed by atoms with E-state index in [0.717, 1.165) is 23.1 Å². The minimum atomic E-state index is 0.575. The van der Waals surface area contributed by atoms with Gasteiger partial charge in [-0.3, -0.25) is 0 Å². The van der Waals surface area contributed by atoms with Crippen molar-refractivity contribution < 1.29 is 0 Å². The van der Waals surface area contributed by atoms with E-state index in [1.54, 1.807) is 0 Å². The zero-order chi connectivity index (χ0) is 13.5. The molecule has 0 amide bonds. The number of nitrogens with two attached hydrogens (primary N) is 1. The molecule has 0 heterocycles. The molecule has 0 saturated heterocycles. The Kier molecular flexibility index (Phi) is 7.12. The fourth-order valence-corrected chi connectivity index (χ4v) is 3.32. The summed E-state index contributed by atoms with van der Waals surface area (Å²) in [5.41, 5.74) is 8.34. The van der Waals surface area contributed by atoms with Crippen LogP contribution in [0.1, 0.15) is 18.9 Å². The van der Waals surface area contributed by atoms with E-state index < -0.39 is 0 Å². The predicted octanol–water partition coefficient (Wildman–Crippen LogP) is 3.53. The smallest absolute Gasteiger partial charge is 0.0410 e. The monoisotopic (exact) mass is 330 g/mol. The summed E-state index contributed by atoms with van der Waals surface area (Å²) in [6, 6.07) is 7.05. The summed E-state index contributed by atoms with van der Waals surface area (Å²) in [7, 11) is 2.19. The molecule has 0 aliphatic heterocycles. The van der Waals surface area contributed by atoms with Crippen LogP contribution < -0.4 is 10.6 Å². The minimum Gasteiger partial charge on any atom is -0.371 e. The predicted molar refractivity (Wildman–Crippen MR) is 87.8 cm³/mol. The molecule has 2 N–H and O–H groups in total. The molecule has 0 aliphatic rings. The van der Waals surface area contributed by atoms with E-state index in [1.165, 1.54) is 11.3 Å². The molecule has 0 radical (unpaired) electrons. The van der Waals surface area contributed by atoms with Crippen LogP contribution in [0.3, 0.4) is 0 Å². The van der Waals surface area contributed by atoms with E-state index in [0.29, 0.717) is 12.6 Å². The van der Waals surface area contributed by atoms with Gasteiger partial charge < -0.3 is 10.6 Å². The maximum absolute atomic E-state index is 5.70. The Morgan fingerprint density at radius 1 is 1.44 bits per heavy atom. The van der Waals surface area contributed by atoms with Gasteiger partial charge >= 0.3 is 0 Å². The first-order valence-corrected chi connectivity index (χ1v) is 8.53. The molecule has 0 aromatic heterocycles. The van der Waals surface area contributed by atoms with Crippen molar-refractivity contribution in [2.45, 2.75) is 25.8 Å². The first-order chi connectivity index (χ1) is 8.63. The lowest BCUT2D eigenvalue weighted by molar-refractivity contribution is 0.670. The topological polar surface area (TPSA) is 29.3 Å². The van der Waals surface area contributed by atoms with Crippen LogP contribution in [-0.4, -0.2) is 31.6 Å². The molecular weight excluding hydrogens is 308 g/mol. The van der Waals surface area contributed by atoms with Crippen LogP contribution in [0, 0.1) is 0 Å². The normalized spacial score (nSPS) is 12.5. The van der Waals surface area contributed by atoms with Gasteiger partial charge in [0.2, 0.25) is 0 Å². The van der Waals surface area contributed by atoms with E-state index in [-0.39, 0.29) is 0 Å². The Labute approximate surface area is 123 Å². The highest BCUT2D eigenvalue weighted by Crippen LogP contribution is 2.27. The highest BCUT2D eigenvalue weighted by molar-refractivity contribution is 9.10. The summed E-state index contributed by atoms with van der Waals surface area (Å²) in [6.07, 6.45) is 4.26. The van der Waals surface area contributed by atoms with Gasteiger partial charge in [0.15, 0.2) is 0 Å². The third-order valence-corrected chi connectivity index (χ3v) is 4.43. The summed E-state index contributed by atoms with van der Waals surface area (Å²) in [4.78, 5) is 2.40. The third-order valence-electron chi connectivity index (χ3n) is 3.22. The number of hydrogen-bond acceptors (Lipinski definition) is 3. The van der Waals surface area contributed by atoms with E-state index in [1.807, 2.05) is 11.8 Å². The zero-order valence-electron chi connectivity index (χ0n) is 11.4. The van der Waals surface area contributed by atoms with Gasteiger partial charge in [-0.05, 0) is 43.3 Å². The molecule has 102 valence electrons. The lowest BCUT2D eigenvalue weighted by Gasteiger charge is -2.31. The lowest BCUT2D eigenvalue weighted by atomic mass is 10.1. The van der Waals surface area contributed by atoms with Crippen LogP contribution in [0.2, 0.25) is 0 Å². The molecule has 1 aromatic rings. The molecule has 1 aromatic carbocycles. The number of halogens is 1. The summed E-state index contributed by atoms with van der Waals surface area (Å²) in [5.74, 6) is 1.15. The van der Waals surface area contributed by atoms with Gasteiger partial charge in [-0.1, -0.05) is 28.9 Å². The molecule has 1 rings (SSSR count). The van der Waals surface area contributed by atoms with Gasteiger partial charge in [0.25, 0.3) is 0 Å². The van der Waals surface area contributed by atoms with Gasteiger partial charge in [0, 0.05) is 29.0 Å². The van der Waals surface area contributed by atoms with Crippen molar-refractivity contribution in [3.8, 4) is 0 Å². The average molecular weight is 331 g/mol. The molecule has 2 nitrogen and oxygen atoms in total.